The molecule has 0 aliphatic heterocycles. The van der Waals surface area contributed by atoms with E-state index in [0.717, 1.165) is 29.5 Å². The van der Waals surface area contributed by atoms with Crippen LogP contribution in [-0.2, 0) is 0 Å². The van der Waals surface area contributed by atoms with Crippen molar-refractivity contribution >= 4 is 22.8 Å². The van der Waals surface area contributed by atoms with Crippen molar-refractivity contribution in [1.29, 1.82) is 0 Å². The third kappa shape index (κ3) is 2.15. The lowest BCUT2D eigenvalue weighted by Crippen LogP contribution is -2.16. The van der Waals surface area contributed by atoms with Crippen LogP contribution in [-0.4, -0.2) is 11.5 Å². The maximum atomic E-state index is 5.72. The van der Waals surface area contributed by atoms with E-state index in [1.54, 1.807) is 0 Å². The quantitative estimate of drug-likeness (QED) is 0.815. The molecule has 1 aromatic heterocycles. The molecule has 1 aromatic carbocycles. The summed E-state index contributed by atoms with van der Waals surface area (Å²) in [6, 6.07) is 6.13. The molecule has 1 fully saturated rings. The van der Waals surface area contributed by atoms with Crippen LogP contribution in [0.1, 0.15) is 26.2 Å². The Morgan fingerprint density at radius 2 is 2.33 bits per heavy atom. The van der Waals surface area contributed by atoms with Gasteiger partial charge in [-0.05, 0) is 36.5 Å². The first-order chi connectivity index (χ1) is 8.72. The monoisotopic (exact) mass is 245 g/mol. The van der Waals surface area contributed by atoms with E-state index in [4.69, 9.17) is 10.2 Å². The molecule has 2 aromatic rings. The summed E-state index contributed by atoms with van der Waals surface area (Å²) < 4.78 is 5.64. The number of fused-ring (bicyclic) bond motifs is 1. The van der Waals surface area contributed by atoms with Crippen LogP contribution in [0.15, 0.2) is 22.6 Å². The summed E-state index contributed by atoms with van der Waals surface area (Å²) in [7, 11) is 0. The van der Waals surface area contributed by atoms with Gasteiger partial charge in [0.15, 0.2) is 5.58 Å². The highest BCUT2D eigenvalue weighted by Crippen LogP contribution is 2.31. The van der Waals surface area contributed by atoms with Gasteiger partial charge in [0.25, 0.3) is 6.01 Å². The first-order valence-electron chi connectivity index (χ1n) is 6.62. The fourth-order valence-electron chi connectivity index (χ4n) is 2.76. The first kappa shape index (κ1) is 11.4. The Morgan fingerprint density at radius 1 is 1.44 bits per heavy atom. The SMILES string of the molecule is CC1CCCC1CNc1nc2cc(N)ccc2o1. The van der Waals surface area contributed by atoms with Crippen molar-refractivity contribution in [2.24, 2.45) is 11.8 Å². The van der Waals surface area contributed by atoms with Gasteiger partial charge in [0.2, 0.25) is 0 Å². The number of hydrogen-bond acceptors (Lipinski definition) is 4. The molecule has 1 aliphatic carbocycles. The zero-order valence-corrected chi connectivity index (χ0v) is 10.6. The largest absolute Gasteiger partial charge is 0.424 e. The molecule has 18 heavy (non-hydrogen) atoms. The van der Waals surface area contributed by atoms with E-state index in [0.29, 0.717) is 11.7 Å². The van der Waals surface area contributed by atoms with Crippen LogP contribution in [0.4, 0.5) is 11.7 Å². The van der Waals surface area contributed by atoms with E-state index in [1.807, 2.05) is 18.2 Å². The Kier molecular flexibility index (Phi) is 2.86. The molecule has 2 atom stereocenters. The number of nitrogens with one attached hydrogen (secondary N) is 1. The van der Waals surface area contributed by atoms with Gasteiger partial charge >= 0.3 is 0 Å². The van der Waals surface area contributed by atoms with Crippen LogP contribution in [0.5, 0.6) is 0 Å². The van der Waals surface area contributed by atoms with Crippen LogP contribution >= 0.6 is 0 Å². The Hall–Kier alpha value is -1.71. The molecule has 4 nitrogen and oxygen atoms in total. The minimum atomic E-state index is 0.606. The average molecular weight is 245 g/mol. The third-order valence-electron chi connectivity index (χ3n) is 3.97. The molecule has 0 bridgehead atoms. The van der Waals surface area contributed by atoms with Gasteiger partial charge in [0.05, 0.1) is 0 Å². The van der Waals surface area contributed by atoms with E-state index in [1.165, 1.54) is 19.3 Å². The standard InChI is InChI=1S/C14H19N3O/c1-9-3-2-4-10(9)8-16-14-17-12-7-11(15)5-6-13(12)18-14/h5-7,9-10H,2-4,8,15H2,1H3,(H,16,17). The molecule has 3 rings (SSSR count). The average Bonchev–Trinajstić information content (AvgIpc) is 2.92. The maximum Gasteiger partial charge on any atom is 0.295 e. The predicted octanol–water partition coefficient (Wildman–Crippen LogP) is 3.26. The van der Waals surface area contributed by atoms with Crippen LogP contribution in [0.2, 0.25) is 0 Å². The van der Waals surface area contributed by atoms with E-state index in [9.17, 15) is 0 Å². The highest BCUT2D eigenvalue weighted by molar-refractivity contribution is 5.78. The summed E-state index contributed by atoms with van der Waals surface area (Å²) in [5.74, 6) is 1.54. The third-order valence-corrected chi connectivity index (χ3v) is 3.97. The number of anilines is 2. The molecule has 0 spiro atoms. The highest BCUT2D eigenvalue weighted by atomic mass is 16.4. The number of aromatic nitrogens is 1. The zero-order valence-electron chi connectivity index (χ0n) is 10.6. The van der Waals surface area contributed by atoms with Crippen LogP contribution < -0.4 is 11.1 Å². The molecule has 3 N–H and O–H groups in total. The summed E-state index contributed by atoms with van der Waals surface area (Å²) in [4.78, 5) is 4.40. The molecule has 1 heterocycles. The Morgan fingerprint density at radius 3 is 3.11 bits per heavy atom. The van der Waals surface area contributed by atoms with Gasteiger partial charge in [0, 0.05) is 12.2 Å². The molecular formula is C14H19N3O. The number of hydrogen-bond donors (Lipinski definition) is 2. The number of rotatable bonds is 3. The number of nitrogens with two attached hydrogens (primary N) is 1. The van der Waals surface area contributed by atoms with Crippen LogP contribution in [0, 0.1) is 11.8 Å². The van der Waals surface area contributed by atoms with E-state index in [-0.39, 0.29) is 0 Å². The topological polar surface area (TPSA) is 64.1 Å². The van der Waals surface area contributed by atoms with Crippen molar-refractivity contribution in [1.82, 2.24) is 4.98 Å². The molecule has 0 radical (unpaired) electrons. The molecule has 4 heteroatoms. The van der Waals surface area contributed by atoms with Gasteiger partial charge in [-0.25, -0.2) is 0 Å². The number of benzene rings is 1. The summed E-state index contributed by atoms with van der Waals surface area (Å²) in [5, 5.41) is 3.31. The molecule has 1 saturated carbocycles. The minimum absolute atomic E-state index is 0.606. The molecule has 0 saturated heterocycles. The van der Waals surface area contributed by atoms with Gasteiger partial charge in [0.1, 0.15) is 5.52 Å². The lowest BCUT2D eigenvalue weighted by atomic mass is 9.98. The molecule has 1 aliphatic rings. The Labute approximate surface area is 107 Å². The van der Waals surface area contributed by atoms with Gasteiger partial charge < -0.3 is 15.5 Å². The van der Waals surface area contributed by atoms with Crippen molar-refractivity contribution in [3.05, 3.63) is 18.2 Å². The fraction of sp³-hybridized carbons (Fsp3) is 0.500. The Bertz CT molecular complexity index is 549. The maximum absolute atomic E-state index is 5.72. The second-order valence-corrected chi connectivity index (χ2v) is 5.30. The summed E-state index contributed by atoms with van der Waals surface area (Å²) >= 11 is 0. The molecule has 0 amide bonds. The summed E-state index contributed by atoms with van der Waals surface area (Å²) in [5.41, 5.74) is 8.04. The number of oxazole rings is 1. The fourth-order valence-corrected chi connectivity index (χ4v) is 2.76. The van der Waals surface area contributed by atoms with Gasteiger partial charge in [-0.1, -0.05) is 19.8 Å². The van der Waals surface area contributed by atoms with Crippen LogP contribution in [0.25, 0.3) is 11.1 Å². The summed E-state index contributed by atoms with van der Waals surface area (Å²) in [6.45, 7) is 3.27. The Balaban J connectivity index is 1.71. The number of nitrogen functional groups attached to an aromatic ring is 1. The summed E-state index contributed by atoms with van der Waals surface area (Å²) in [6.07, 6.45) is 4.00. The number of nitrogens with zero attached hydrogens (tertiary/aromatic N) is 1. The second-order valence-electron chi connectivity index (χ2n) is 5.30. The first-order valence-corrected chi connectivity index (χ1v) is 6.62. The van der Waals surface area contributed by atoms with Gasteiger partial charge in [-0.15, -0.1) is 0 Å². The molecule has 2 unspecified atom stereocenters. The smallest absolute Gasteiger partial charge is 0.295 e. The van der Waals surface area contributed by atoms with Crippen LogP contribution in [0.3, 0.4) is 0 Å². The minimum Gasteiger partial charge on any atom is -0.424 e. The molecule has 96 valence electrons. The second kappa shape index (κ2) is 4.52. The van der Waals surface area contributed by atoms with E-state index in [2.05, 4.69) is 17.2 Å². The van der Waals surface area contributed by atoms with Crippen molar-refractivity contribution < 1.29 is 4.42 Å². The van der Waals surface area contributed by atoms with E-state index < -0.39 is 0 Å². The lowest BCUT2D eigenvalue weighted by molar-refractivity contribution is 0.434. The molecular weight excluding hydrogens is 226 g/mol. The zero-order chi connectivity index (χ0) is 12.5. The predicted molar refractivity (Wildman–Crippen MR) is 73.4 cm³/mol. The van der Waals surface area contributed by atoms with Gasteiger partial charge in [-0.2, -0.15) is 4.98 Å². The lowest BCUT2D eigenvalue weighted by Gasteiger charge is -2.14. The van der Waals surface area contributed by atoms with Crippen molar-refractivity contribution in [2.45, 2.75) is 26.2 Å². The highest BCUT2D eigenvalue weighted by Gasteiger charge is 2.23. The van der Waals surface area contributed by atoms with Crippen molar-refractivity contribution in [3.63, 3.8) is 0 Å². The normalized spacial score (nSPS) is 23.6. The van der Waals surface area contributed by atoms with Crippen molar-refractivity contribution in [3.8, 4) is 0 Å². The van der Waals surface area contributed by atoms with Crippen molar-refractivity contribution in [2.75, 3.05) is 17.6 Å². The van der Waals surface area contributed by atoms with E-state index >= 15 is 0 Å². The van der Waals surface area contributed by atoms with Gasteiger partial charge in [-0.3, -0.25) is 0 Å².